The van der Waals surface area contributed by atoms with Crippen molar-refractivity contribution in [2.45, 2.75) is 38.0 Å². The molecule has 1 aliphatic rings. The fourth-order valence-electron chi connectivity index (χ4n) is 2.51. The average molecular weight is 233 g/mol. The zero-order valence-electron chi connectivity index (χ0n) is 10.5. The van der Waals surface area contributed by atoms with Crippen molar-refractivity contribution in [3.63, 3.8) is 0 Å². The van der Waals surface area contributed by atoms with Gasteiger partial charge < -0.3 is 10.5 Å². The van der Waals surface area contributed by atoms with Crippen LogP contribution >= 0.6 is 0 Å². The molecule has 94 valence electrons. The maximum Gasteiger partial charge on any atom is 0.0471 e. The molecule has 1 aromatic rings. The second-order valence-corrected chi connectivity index (χ2v) is 4.88. The number of aryl methyl sites for hydroxylation is 1. The standard InChI is InChI=1S/C15H23NO/c16-9-2-1-4-13-5-3-6-15(12-13)14-7-10-17-11-8-14/h3,5-6,12,14H,1-2,4,7-11,16H2. The van der Waals surface area contributed by atoms with E-state index in [1.165, 1.54) is 30.4 Å². The first-order valence-electron chi connectivity index (χ1n) is 6.77. The van der Waals surface area contributed by atoms with Crippen LogP contribution in [-0.4, -0.2) is 19.8 Å². The van der Waals surface area contributed by atoms with Crippen LogP contribution in [0.3, 0.4) is 0 Å². The summed E-state index contributed by atoms with van der Waals surface area (Å²) in [6.45, 7) is 2.64. The first-order chi connectivity index (χ1) is 8.40. The summed E-state index contributed by atoms with van der Waals surface area (Å²) in [5, 5.41) is 0. The summed E-state index contributed by atoms with van der Waals surface area (Å²) in [5.41, 5.74) is 8.48. The molecule has 0 unspecified atom stereocenters. The molecule has 0 bridgehead atoms. The van der Waals surface area contributed by atoms with Crippen LogP contribution in [0.25, 0.3) is 0 Å². The fourth-order valence-corrected chi connectivity index (χ4v) is 2.51. The Bertz CT molecular complexity index is 331. The van der Waals surface area contributed by atoms with Crippen molar-refractivity contribution in [1.29, 1.82) is 0 Å². The third kappa shape index (κ3) is 3.83. The lowest BCUT2D eigenvalue weighted by Gasteiger charge is -2.22. The number of hydrogen-bond acceptors (Lipinski definition) is 2. The summed E-state index contributed by atoms with van der Waals surface area (Å²) in [6.07, 6.45) is 5.84. The Morgan fingerprint density at radius 1 is 1.18 bits per heavy atom. The number of benzene rings is 1. The minimum atomic E-state index is 0.707. The minimum absolute atomic E-state index is 0.707. The predicted molar refractivity (Wildman–Crippen MR) is 71.2 cm³/mol. The molecular weight excluding hydrogens is 210 g/mol. The van der Waals surface area contributed by atoms with E-state index in [-0.39, 0.29) is 0 Å². The number of ether oxygens (including phenoxy) is 1. The Kier molecular flexibility index (Phi) is 5.02. The van der Waals surface area contributed by atoms with E-state index in [1.807, 2.05) is 0 Å². The molecule has 0 atom stereocenters. The molecule has 1 saturated heterocycles. The van der Waals surface area contributed by atoms with Gasteiger partial charge in [0.2, 0.25) is 0 Å². The molecule has 2 heteroatoms. The first-order valence-corrected chi connectivity index (χ1v) is 6.77. The maximum absolute atomic E-state index is 5.53. The molecule has 0 saturated carbocycles. The summed E-state index contributed by atoms with van der Waals surface area (Å²) in [4.78, 5) is 0. The van der Waals surface area contributed by atoms with Gasteiger partial charge in [-0.25, -0.2) is 0 Å². The van der Waals surface area contributed by atoms with Crippen molar-refractivity contribution in [2.75, 3.05) is 19.8 Å². The van der Waals surface area contributed by atoms with E-state index >= 15 is 0 Å². The smallest absolute Gasteiger partial charge is 0.0471 e. The third-order valence-corrected chi connectivity index (χ3v) is 3.56. The average Bonchev–Trinajstić information content (AvgIpc) is 2.41. The van der Waals surface area contributed by atoms with Gasteiger partial charge in [0, 0.05) is 13.2 Å². The lowest BCUT2D eigenvalue weighted by molar-refractivity contribution is 0.0853. The van der Waals surface area contributed by atoms with Gasteiger partial charge in [-0.2, -0.15) is 0 Å². The topological polar surface area (TPSA) is 35.2 Å². The molecule has 1 aromatic carbocycles. The first kappa shape index (κ1) is 12.6. The number of hydrogen-bond donors (Lipinski definition) is 1. The quantitative estimate of drug-likeness (QED) is 0.794. The van der Waals surface area contributed by atoms with Gasteiger partial charge in [0.05, 0.1) is 0 Å². The highest BCUT2D eigenvalue weighted by Gasteiger charge is 2.15. The number of unbranched alkanes of at least 4 members (excludes halogenated alkanes) is 1. The summed E-state index contributed by atoms with van der Waals surface area (Å²) in [7, 11) is 0. The van der Waals surface area contributed by atoms with Gasteiger partial charge in [0.1, 0.15) is 0 Å². The molecule has 1 aliphatic heterocycles. The second-order valence-electron chi connectivity index (χ2n) is 4.88. The minimum Gasteiger partial charge on any atom is -0.381 e. The maximum atomic E-state index is 5.53. The van der Waals surface area contributed by atoms with Gasteiger partial charge >= 0.3 is 0 Å². The van der Waals surface area contributed by atoms with E-state index in [0.29, 0.717) is 5.92 Å². The zero-order valence-corrected chi connectivity index (χ0v) is 10.5. The van der Waals surface area contributed by atoms with Crippen molar-refractivity contribution in [2.24, 2.45) is 5.73 Å². The lowest BCUT2D eigenvalue weighted by atomic mass is 9.90. The van der Waals surface area contributed by atoms with Crippen LogP contribution in [0.5, 0.6) is 0 Å². The van der Waals surface area contributed by atoms with Gasteiger partial charge in [-0.05, 0) is 55.7 Å². The molecule has 0 spiro atoms. The van der Waals surface area contributed by atoms with Crippen LogP contribution in [0.2, 0.25) is 0 Å². The highest BCUT2D eigenvalue weighted by Crippen LogP contribution is 2.27. The molecule has 2 N–H and O–H groups in total. The SMILES string of the molecule is NCCCCc1cccc(C2CCOCC2)c1. The van der Waals surface area contributed by atoms with Crippen molar-refractivity contribution in [1.82, 2.24) is 0 Å². The van der Waals surface area contributed by atoms with Crippen molar-refractivity contribution in [3.05, 3.63) is 35.4 Å². The Hall–Kier alpha value is -0.860. The fraction of sp³-hybridized carbons (Fsp3) is 0.600. The summed E-state index contributed by atoms with van der Waals surface area (Å²) in [6, 6.07) is 9.08. The largest absolute Gasteiger partial charge is 0.381 e. The zero-order chi connectivity index (χ0) is 11.9. The molecule has 1 heterocycles. The molecule has 0 amide bonds. The molecule has 2 nitrogen and oxygen atoms in total. The van der Waals surface area contributed by atoms with Crippen LogP contribution in [0.4, 0.5) is 0 Å². The molecule has 1 fully saturated rings. The van der Waals surface area contributed by atoms with E-state index in [4.69, 9.17) is 10.5 Å². The van der Waals surface area contributed by atoms with E-state index in [9.17, 15) is 0 Å². The van der Waals surface area contributed by atoms with Crippen molar-refractivity contribution >= 4 is 0 Å². The van der Waals surface area contributed by atoms with E-state index in [0.717, 1.165) is 32.6 Å². The second kappa shape index (κ2) is 6.77. The highest BCUT2D eigenvalue weighted by molar-refractivity contribution is 5.26. The summed E-state index contributed by atoms with van der Waals surface area (Å²) < 4.78 is 5.42. The van der Waals surface area contributed by atoms with Crippen LogP contribution in [0, 0.1) is 0 Å². The summed E-state index contributed by atoms with van der Waals surface area (Å²) >= 11 is 0. The number of nitrogens with two attached hydrogens (primary N) is 1. The van der Waals surface area contributed by atoms with Gasteiger partial charge in [-0.15, -0.1) is 0 Å². The summed E-state index contributed by atoms with van der Waals surface area (Å²) in [5.74, 6) is 0.707. The Labute approximate surface area is 104 Å². The van der Waals surface area contributed by atoms with Gasteiger partial charge in [0.25, 0.3) is 0 Å². The van der Waals surface area contributed by atoms with Crippen molar-refractivity contribution < 1.29 is 4.74 Å². The van der Waals surface area contributed by atoms with Crippen molar-refractivity contribution in [3.8, 4) is 0 Å². The monoisotopic (exact) mass is 233 g/mol. The molecular formula is C15H23NO. The Morgan fingerprint density at radius 3 is 2.76 bits per heavy atom. The number of rotatable bonds is 5. The normalized spacial score (nSPS) is 17.2. The van der Waals surface area contributed by atoms with Crippen LogP contribution < -0.4 is 5.73 Å². The Morgan fingerprint density at radius 2 is 2.00 bits per heavy atom. The van der Waals surface area contributed by atoms with E-state index < -0.39 is 0 Å². The van der Waals surface area contributed by atoms with Gasteiger partial charge in [-0.3, -0.25) is 0 Å². The van der Waals surface area contributed by atoms with E-state index in [2.05, 4.69) is 24.3 Å². The van der Waals surface area contributed by atoms with Gasteiger partial charge in [-0.1, -0.05) is 24.3 Å². The lowest BCUT2D eigenvalue weighted by Crippen LogP contribution is -2.14. The molecule has 0 aromatic heterocycles. The van der Waals surface area contributed by atoms with Gasteiger partial charge in [0.15, 0.2) is 0 Å². The predicted octanol–water partition coefficient (Wildman–Crippen LogP) is 2.86. The third-order valence-electron chi connectivity index (χ3n) is 3.56. The molecule has 0 aliphatic carbocycles. The molecule has 17 heavy (non-hydrogen) atoms. The van der Waals surface area contributed by atoms with E-state index in [1.54, 1.807) is 0 Å². The molecule has 2 rings (SSSR count). The Balaban J connectivity index is 1.95. The molecule has 0 radical (unpaired) electrons. The van der Waals surface area contributed by atoms with Crippen LogP contribution in [0.15, 0.2) is 24.3 Å². The van der Waals surface area contributed by atoms with Crippen LogP contribution in [-0.2, 0) is 11.2 Å². The highest BCUT2D eigenvalue weighted by atomic mass is 16.5. The van der Waals surface area contributed by atoms with Crippen LogP contribution in [0.1, 0.15) is 42.7 Å².